The number of carbonyl (C=O) groups excluding carboxylic acids is 1. The van der Waals surface area contributed by atoms with Crippen LogP contribution in [0.5, 0.6) is 0 Å². The van der Waals surface area contributed by atoms with Gasteiger partial charge in [0.1, 0.15) is 5.82 Å². The first-order valence-electron chi connectivity index (χ1n) is 6.47. The highest BCUT2D eigenvalue weighted by molar-refractivity contribution is 5.99. The number of aliphatic hydroxyl groups is 1. The molecule has 0 radical (unpaired) electrons. The minimum absolute atomic E-state index is 0.0681. The van der Waals surface area contributed by atoms with Crippen molar-refractivity contribution >= 4 is 11.7 Å². The Bertz CT molecular complexity index is 485. The summed E-state index contributed by atoms with van der Waals surface area (Å²) in [5, 5.41) is 10.2. The van der Waals surface area contributed by atoms with Crippen molar-refractivity contribution in [2.75, 3.05) is 32.1 Å². The molecular formula is C14H21N3O2. The van der Waals surface area contributed by atoms with Crippen LogP contribution in [0.25, 0.3) is 0 Å². The smallest absolute Gasteiger partial charge is 0.257 e. The lowest BCUT2D eigenvalue weighted by atomic mass is 9.95. The van der Waals surface area contributed by atoms with Crippen molar-refractivity contribution < 1.29 is 9.90 Å². The predicted octanol–water partition coefficient (Wildman–Crippen LogP) is 0.990. The van der Waals surface area contributed by atoms with Gasteiger partial charge in [-0.25, -0.2) is 4.98 Å². The van der Waals surface area contributed by atoms with Crippen LogP contribution >= 0.6 is 0 Å². The minimum atomic E-state index is -0.809. The van der Waals surface area contributed by atoms with Gasteiger partial charge in [-0.1, -0.05) is 6.92 Å². The molecule has 1 fully saturated rings. The number of nitrogens with zero attached hydrogens (tertiary/aromatic N) is 3. The fourth-order valence-corrected chi connectivity index (χ4v) is 2.38. The van der Waals surface area contributed by atoms with Crippen LogP contribution in [-0.2, 0) is 0 Å². The van der Waals surface area contributed by atoms with Gasteiger partial charge < -0.3 is 14.9 Å². The first-order valence-corrected chi connectivity index (χ1v) is 6.47. The average molecular weight is 263 g/mol. The van der Waals surface area contributed by atoms with Gasteiger partial charge in [-0.3, -0.25) is 4.79 Å². The third-order valence-electron chi connectivity index (χ3n) is 3.79. The zero-order valence-electron chi connectivity index (χ0n) is 11.9. The lowest BCUT2D eigenvalue weighted by Crippen LogP contribution is -2.35. The van der Waals surface area contributed by atoms with E-state index in [4.69, 9.17) is 0 Å². The normalized spacial score (nSPS) is 26.6. The number of amides is 1. The van der Waals surface area contributed by atoms with Gasteiger partial charge in [0, 0.05) is 39.3 Å². The van der Waals surface area contributed by atoms with Crippen molar-refractivity contribution in [1.29, 1.82) is 0 Å². The molecule has 1 aromatic heterocycles. The van der Waals surface area contributed by atoms with Crippen LogP contribution in [0.15, 0.2) is 18.3 Å². The summed E-state index contributed by atoms with van der Waals surface area (Å²) in [5.41, 5.74) is -0.228. The van der Waals surface area contributed by atoms with Crippen LogP contribution in [-0.4, -0.2) is 53.7 Å². The molecule has 5 nitrogen and oxygen atoms in total. The maximum atomic E-state index is 12.6. The van der Waals surface area contributed by atoms with Gasteiger partial charge in [-0.2, -0.15) is 0 Å². The number of carbonyl (C=O) groups is 1. The van der Waals surface area contributed by atoms with Crippen LogP contribution in [0.4, 0.5) is 5.82 Å². The third-order valence-corrected chi connectivity index (χ3v) is 3.79. The van der Waals surface area contributed by atoms with Gasteiger partial charge >= 0.3 is 0 Å². The fourth-order valence-electron chi connectivity index (χ4n) is 2.38. The molecule has 0 bridgehead atoms. The zero-order valence-corrected chi connectivity index (χ0v) is 11.9. The summed E-state index contributed by atoms with van der Waals surface area (Å²) >= 11 is 0. The van der Waals surface area contributed by atoms with E-state index in [1.807, 2.05) is 25.9 Å². The molecule has 2 atom stereocenters. The van der Waals surface area contributed by atoms with E-state index in [9.17, 15) is 9.90 Å². The Hall–Kier alpha value is -1.62. The standard InChI is InChI=1S/C14H21N3O2/c1-10-8-17(9-14(10,2)19)13(18)11-6-5-7-15-12(11)16(3)4/h5-7,10,19H,8-9H2,1-4H3/t10-,14+/m0/s1. The maximum Gasteiger partial charge on any atom is 0.257 e. The van der Waals surface area contributed by atoms with E-state index in [2.05, 4.69) is 4.98 Å². The Morgan fingerprint density at radius 2 is 2.26 bits per heavy atom. The number of anilines is 1. The average Bonchev–Trinajstić information content (AvgIpc) is 2.63. The molecule has 0 aliphatic carbocycles. The summed E-state index contributed by atoms with van der Waals surface area (Å²) in [6.07, 6.45) is 1.68. The summed E-state index contributed by atoms with van der Waals surface area (Å²) in [6, 6.07) is 3.54. The van der Waals surface area contributed by atoms with Gasteiger partial charge in [-0.05, 0) is 19.1 Å². The summed E-state index contributed by atoms with van der Waals surface area (Å²) in [4.78, 5) is 20.3. The number of hydrogen-bond acceptors (Lipinski definition) is 4. The molecule has 0 unspecified atom stereocenters. The van der Waals surface area contributed by atoms with Gasteiger partial charge in [0.05, 0.1) is 11.2 Å². The summed E-state index contributed by atoms with van der Waals surface area (Å²) in [7, 11) is 3.73. The summed E-state index contributed by atoms with van der Waals surface area (Å²) in [6.45, 7) is 4.69. The maximum absolute atomic E-state index is 12.6. The first-order chi connectivity index (χ1) is 8.83. The molecule has 19 heavy (non-hydrogen) atoms. The third kappa shape index (κ3) is 2.56. The number of likely N-dealkylation sites (tertiary alicyclic amines) is 1. The van der Waals surface area contributed by atoms with Crippen LogP contribution in [0.2, 0.25) is 0 Å². The Kier molecular flexibility index (Phi) is 3.49. The van der Waals surface area contributed by atoms with Gasteiger partial charge in [-0.15, -0.1) is 0 Å². The molecule has 0 saturated carbocycles. The van der Waals surface area contributed by atoms with Crippen LogP contribution < -0.4 is 4.90 Å². The van der Waals surface area contributed by atoms with Crippen molar-refractivity contribution in [3.05, 3.63) is 23.9 Å². The second kappa shape index (κ2) is 4.81. The predicted molar refractivity (Wildman–Crippen MR) is 74.3 cm³/mol. The quantitative estimate of drug-likeness (QED) is 0.864. The Labute approximate surface area is 113 Å². The molecule has 1 aromatic rings. The number of β-amino-alcohol motifs (C(OH)–C–C–N with tert-alkyl or cyclic N) is 1. The molecule has 0 aromatic carbocycles. The SMILES string of the molecule is C[C@H]1CN(C(=O)c2cccnc2N(C)C)C[C@@]1(C)O. The topological polar surface area (TPSA) is 56.7 Å². The fraction of sp³-hybridized carbons (Fsp3) is 0.571. The molecule has 1 aliphatic rings. The van der Waals surface area contributed by atoms with E-state index < -0.39 is 5.60 Å². The second-order valence-corrected chi connectivity index (χ2v) is 5.71. The van der Waals surface area contributed by atoms with Crippen LogP contribution in [0, 0.1) is 5.92 Å². The van der Waals surface area contributed by atoms with Gasteiger partial charge in [0.2, 0.25) is 0 Å². The highest BCUT2D eigenvalue weighted by Gasteiger charge is 2.41. The Balaban J connectivity index is 2.27. The van der Waals surface area contributed by atoms with E-state index >= 15 is 0 Å². The lowest BCUT2D eigenvalue weighted by molar-refractivity contribution is 0.0351. The highest BCUT2D eigenvalue weighted by Crippen LogP contribution is 2.29. The number of aromatic nitrogens is 1. The highest BCUT2D eigenvalue weighted by atomic mass is 16.3. The number of rotatable bonds is 2. The van der Waals surface area contributed by atoms with Crippen molar-refractivity contribution in [1.82, 2.24) is 9.88 Å². The van der Waals surface area contributed by atoms with E-state index in [1.165, 1.54) is 0 Å². The molecule has 104 valence electrons. The molecule has 0 spiro atoms. The minimum Gasteiger partial charge on any atom is -0.388 e. The largest absolute Gasteiger partial charge is 0.388 e. The van der Waals surface area contributed by atoms with Crippen molar-refractivity contribution in [3.63, 3.8) is 0 Å². The molecule has 1 aliphatic heterocycles. The van der Waals surface area contributed by atoms with E-state index in [0.29, 0.717) is 24.5 Å². The van der Waals surface area contributed by atoms with E-state index in [1.54, 1.807) is 30.2 Å². The lowest BCUT2D eigenvalue weighted by Gasteiger charge is -2.22. The molecule has 2 rings (SSSR count). The van der Waals surface area contributed by atoms with Crippen molar-refractivity contribution in [2.24, 2.45) is 5.92 Å². The molecule has 1 N–H and O–H groups in total. The number of pyridine rings is 1. The van der Waals surface area contributed by atoms with Crippen LogP contribution in [0.1, 0.15) is 24.2 Å². The van der Waals surface area contributed by atoms with Crippen LogP contribution in [0.3, 0.4) is 0 Å². The van der Waals surface area contributed by atoms with Crippen molar-refractivity contribution in [3.8, 4) is 0 Å². The monoisotopic (exact) mass is 263 g/mol. The number of hydrogen-bond donors (Lipinski definition) is 1. The molecule has 5 heteroatoms. The van der Waals surface area contributed by atoms with Gasteiger partial charge in [0.25, 0.3) is 5.91 Å². The van der Waals surface area contributed by atoms with E-state index in [-0.39, 0.29) is 11.8 Å². The summed E-state index contributed by atoms with van der Waals surface area (Å²) < 4.78 is 0. The molecule has 1 amide bonds. The Morgan fingerprint density at radius 3 is 2.79 bits per heavy atom. The molecule has 1 saturated heterocycles. The molecular weight excluding hydrogens is 242 g/mol. The first kappa shape index (κ1) is 13.8. The Morgan fingerprint density at radius 1 is 1.58 bits per heavy atom. The zero-order chi connectivity index (χ0) is 14.2. The van der Waals surface area contributed by atoms with E-state index in [0.717, 1.165) is 0 Å². The molecule has 2 heterocycles. The summed E-state index contributed by atoms with van der Waals surface area (Å²) in [5.74, 6) is 0.670. The van der Waals surface area contributed by atoms with Gasteiger partial charge in [0.15, 0.2) is 0 Å². The van der Waals surface area contributed by atoms with Crippen molar-refractivity contribution in [2.45, 2.75) is 19.4 Å². The second-order valence-electron chi connectivity index (χ2n) is 5.71.